The molecule has 0 saturated heterocycles. The number of hydrogen-bond donors (Lipinski definition) is 1. The number of pyridine rings is 2. The van der Waals surface area contributed by atoms with Crippen molar-refractivity contribution < 1.29 is 4.79 Å². The van der Waals surface area contributed by atoms with Crippen LogP contribution in [0.5, 0.6) is 0 Å². The van der Waals surface area contributed by atoms with Gasteiger partial charge in [-0.25, -0.2) is 0 Å². The summed E-state index contributed by atoms with van der Waals surface area (Å²) in [4.78, 5) is 31.0. The van der Waals surface area contributed by atoms with Crippen molar-refractivity contribution in [3.63, 3.8) is 0 Å². The molecule has 2 aromatic heterocycles. The lowest BCUT2D eigenvalue weighted by atomic mass is 9.89. The van der Waals surface area contributed by atoms with E-state index in [9.17, 15) is 9.59 Å². The number of benzene rings is 1. The molecule has 0 spiro atoms. The molecule has 5 heteroatoms. The van der Waals surface area contributed by atoms with Gasteiger partial charge in [-0.3, -0.25) is 14.6 Å². The third kappa shape index (κ3) is 4.61. The minimum Gasteiger partial charge on any atom is -0.342 e. The molecule has 1 fully saturated rings. The molecule has 5 nitrogen and oxygen atoms in total. The predicted molar refractivity (Wildman–Crippen MR) is 124 cm³/mol. The topological polar surface area (TPSA) is 64.0 Å². The number of nitrogens with one attached hydrogen (secondary N) is 1. The first-order chi connectivity index (χ1) is 15.0. The molecule has 1 amide bonds. The molecule has 1 N–H and O–H groups in total. The average Bonchev–Trinajstić information content (AvgIpc) is 2.78. The Labute approximate surface area is 183 Å². The van der Waals surface area contributed by atoms with Gasteiger partial charge in [-0.1, -0.05) is 43.5 Å². The lowest BCUT2D eigenvalue weighted by molar-refractivity contribution is 0.102. The van der Waals surface area contributed by atoms with E-state index >= 15 is 0 Å². The van der Waals surface area contributed by atoms with Crippen LogP contribution in [0, 0.1) is 19.8 Å². The molecule has 0 radical (unpaired) electrons. The molecule has 0 aliphatic heterocycles. The molecule has 31 heavy (non-hydrogen) atoms. The maximum absolute atomic E-state index is 13.4. The fourth-order valence-corrected chi connectivity index (χ4v) is 4.52. The molecule has 160 valence electrons. The zero-order valence-corrected chi connectivity index (χ0v) is 18.2. The third-order valence-corrected chi connectivity index (χ3v) is 6.21. The van der Waals surface area contributed by atoms with Gasteiger partial charge in [-0.05, 0) is 56.4 Å². The number of rotatable bonds is 5. The number of para-hydroxylation sites is 1. The van der Waals surface area contributed by atoms with Crippen LogP contribution in [0.3, 0.4) is 0 Å². The lowest BCUT2D eigenvalue weighted by Gasteiger charge is -2.27. The first-order valence-corrected chi connectivity index (χ1v) is 11.1. The molecule has 1 aliphatic rings. The maximum Gasteiger partial charge on any atom is 0.261 e. The molecule has 0 bridgehead atoms. The van der Waals surface area contributed by atoms with Gasteiger partial charge < -0.3 is 9.88 Å². The van der Waals surface area contributed by atoms with Crippen LogP contribution in [0.2, 0.25) is 0 Å². The van der Waals surface area contributed by atoms with Gasteiger partial charge in [0.1, 0.15) is 5.56 Å². The minimum atomic E-state index is -0.391. The largest absolute Gasteiger partial charge is 0.342 e. The van der Waals surface area contributed by atoms with Gasteiger partial charge in [0.05, 0.1) is 11.4 Å². The van der Waals surface area contributed by atoms with Gasteiger partial charge in [-0.15, -0.1) is 0 Å². The van der Waals surface area contributed by atoms with Gasteiger partial charge in [0.2, 0.25) is 0 Å². The Balaban J connectivity index is 1.83. The van der Waals surface area contributed by atoms with Crippen LogP contribution in [0.4, 0.5) is 5.69 Å². The van der Waals surface area contributed by atoms with E-state index in [1.807, 2.05) is 56.3 Å². The molecule has 2 heterocycles. The summed E-state index contributed by atoms with van der Waals surface area (Å²) < 4.78 is 2.13. The molecular formula is C26H29N3O2. The summed E-state index contributed by atoms with van der Waals surface area (Å²) in [5.41, 5.74) is 3.66. The molecule has 0 atom stereocenters. The third-order valence-electron chi connectivity index (χ3n) is 6.21. The van der Waals surface area contributed by atoms with Crippen LogP contribution in [0.25, 0.3) is 11.4 Å². The summed E-state index contributed by atoms with van der Waals surface area (Å²) in [6.07, 6.45) is 7.83. The monoisotopic (exact) mass is 415 g/mol. The number of amides is 1. The molecule has 1 saturated carbocycles. The van der Waals surface area contributed by atoms with Crippen molar-refractivity contribution in [2.75, 3.05) is 5.32 Å². The Kier molecular flexibility index (Phi) is 6.31. The maximum atomic E-state index is 13.4. The molecule has 0 unspecified atom stereocenters. The van der Waals surface area contributed by atoms with E-state index < -0.39 is 5.91 Å². The van der Waals surface area contributed by atoms with Gasteiger partial charge >= 0.3 is 0 Å². The summed E-state index contributed by atoms with van der Waals surface area (Å²) in [5, 5.41) is 2.95. The van der Waals surface area contributed by atoms with Crippen LogP contribution in [-0.4, -0.2) is 15.5 Å². The van der Waals surface area contributed by atoms with Crippen LogP contribution in [0.1, 0.15) is 53.7 Å². The van der Waals surface area contributed by atoms with E-state index in [0.717, 1.165) is 17.8 Å². The molecular weight excluding hydrogens is 386 g/mol. The average molecular weight is 416 g/mol. The van der Waals surface area contributed by atoms with E-state index in [1.54, 1.807) is 12.3 Å². The SMILES string of the molecule is Cc1ccccc1NC(=O)c1c(-c2ccccn2)n(CC2CCCCC2)c(C)cc1=O. The van der Waals surface area contributed by atoms with E-state index in [0.29, 0.717) is 23.0 Å². The van der Waals surface area contributed by atoms with E-state index in [1.165, 1.54) is 32.1 Å². The van der Waals surface area contributed by atoms with Gasteiger partial charge in [-0.2, -0.15) is 0 Å². The number of aromatic nitrogens is 2. The summed E-state index contributed by atoms with van der Waals surface area (Å²) in [7, 11) is 0. The quantitative estimate of drug-likeness (QED) is 0.610. The highest BCUT2D eigenvalue weighted by molar-refractivity contribution is 6.08. The predicted octanol–water partition coefficient (Wildman–Crippen LogP) is 5.36. The number of hydrogen-bond acceptors (Lipinski definition) is 3. The normalized spacial score (nSPS) is 14.4. The Morgan fingerprint density at radius 3 is 2.52 bits per heavy atom. The van der Waals surface area contributed by atoms with Crippen molar-refractivity contribution in [1.82, 2.24) is 9.55 Å². The molecule has 4 rings (SSSR count). The second-order valence-corrected chi connectivity index (χ2v) is 8.47. The van der Waals surface area contributed by atoms with E-state index in [2.05, 4.69) is 14.9 Å². The summed E-state index contributed by atoms with van der Waals surface area (Å²) in [5.74, 6) is 0.155. The van der Waals surface area contributed by atoms with Crippen LogP contribution < -0.4 is 10.7 Å². The first-order valence-electron chi connectivity index (χ1n) is 11.1. The van der Waals surface area contributed by atoms with Crippen molar-refractivity contribution in [2.45, 2.75) is 52.5 Å². The fourth-order valence-electron chi connectivity index (χ4n) is 4.52. The number of carbonyl (C=O) groups excluding carboxylic acids is 1. The van der Waals surface area contributed by atoms with E-state index in [-0.39, 0.29) is 11.0 Å². The van der Waals surface area contributed by atoms with Crippen molar-refractivity contribution in [3.05, 3.63) is 81.8 Å². The highest BCUT2D eigenvalue weighted by Crippen LogP contribution is 2.29. The van der Waals surface area contributed by atoms with Crippen LogP contribution in [0.15, 0.2) is 59.5 Å². The van der Waals surface area contributed by atoms with Gasteiger partial charge in [0, 0.05) is 30.2 Å². The van der Waals surface area contributed by atoms with Crippen LogP contribution in [-0.2, 0) is 6.54 Å². The summed E-state index contributed by atoms with van der Waals surface area (Å²) in [6.45, 7) is 4.67. The minimum absolute atomic E-state index is 0.156. The van der Waals surface area contributed by atoms with Crippen molar-refractivity contribution in [3.8, 4) is 11.4 Å². The van der Waals surface area contributed by atoms with Crippen molar-refractivity contribution >= 4 is 11.6 Å². The van der Waals surface area contributed by atoms with Crippen molar-refractivity contribution in [2.24, 2.45) is 5.92 Å². The van der Waals surface area contributed by atoms with E-state index in [4.69, 9.17) is 0 Å². The molecule has 3 aromatic rings. The summed E-state index contributed by atoms with van der Waals surface area (Å²) >= 11 is 0. The number of aryl methyl sites for hydroxylation is 2. The first kappa shape index (κ1) is 21.0. The smallest absolute Gasteiger partial charge is 0.261 e. The lowest BCUT2D eigenvalue weighted by Crippen LogP contribution is -2.28. The molecule has 1 aromatic carbocycles. The van der Waals surface area contributed by atoms with Crippen molar-refractivity contribution in [1.29, 1.82) is 0 Å². The zero-order chi connectivity index (χ0) is 21.8. The molecule has 1 aliphatic carbocycles. The standard InChI is InChI=1S/C26H29N3O2/c1-18-10-6-7-13-21(18)28-26(31)24-23(30)16-19(2)29(17-20-11-4-3-5-12-20)25(24)22-14-8-9-15-27-22/h6-10,13-16,20H,3-5,11-12,17H2,1-2H3,(H,28,31). The zero-order valence-electron chi connectivity index (χ0n) is 18.2. The Bertz CT molecular complexity index is 1130. The Morgan fingerprint density at radius 1 is 1.06 bits per heavy atom. The number of anilines is 1. The Hall–Kier alpha value is -3.21. The van der Waals surface area contributed by atoms with Crippen LogP contribution >= 0.6 is 0 Å². The highest BCUT2D eigenvalue weighted by Gasteiger charge is 2.25. The summed E-state index contributed by atoms with van der Waals surface area (Å²) in [6, 6.07) is 14.8. The second kappa shape index (κ2) is 9.29. The van der Waals surface area contributed by atoms with Gasteiger partial charge in [0.25, 0.3) is 5.91 Å². The second-order valence-electron chi connectivity index (χ2n) is 8.47. The number of carbonyl (C=O) groups is 1. The van der Waals surface area contributed by atoms with Gasteiger partial charge in [0.15, 0.2) is 5.43 Å². The number of nitrogens with zero attached hydrogens (tertiary/aromatic N) is 2. The highest BCUT2D eigenvalue weighted by atomic mass is 16.2. The Morgan fingerprint density at radius 2 is 1.81 bits per heavy atom. The fraction of sp³-hybridized carbons (Fsp3) is 0.346.